The van der Waals surface area contributed by atoms with E-state index in [-0.39, 0.29) is 15.9 Å². The average molecular weight is 478 g/mol. The number of morpholine rings is 1. The highest BCUT2D eigenvalue weighted by molar-refractivity contribution is 7.89. The van der Waals surface area contributed by atoms with Crippen LogP contribution >= 0.6 is 12.2 Å². The highest BCUT2D eigenvalue weighted by atomic mass is 32.2. The number of amides is 1. The van der Waals surface area contributed by atoms with Crippen molar-refractivity contribution in [2.24, 2.45) is 0 Å². The number of nitrogens with zero attached hydrogens (tertiary/aromatic N) is 1. The van der Waals surface area contributed by atoms with Crippen LogP contribution in [0.1, 0.15) is 30.1 Å². The number of unbranched alkanes of at least 4 members (excludes halogenated alkanes) is 1. The lowest BCUT2D eigenvalue weighted by Gasteiger charge is -2.26. The van der Waals surface area contributed by atoms with Crippen molar-refractivity contribution >= 4 is 38.9 Å². The number of hydrogen-bond donors (Lipinski definition) is 2. The molecule has 0 unspecified atom stereocenters. The molecule has 0 spiro atoms. The van der Waals surface area contributed by atoms with Gasteiger partial charge in [0.1, 0.15) is 5.75 Å². The zero-order valence-electron chi connectivity index (χ0n) is 17.9. The normalized spacial score (nSPS) is 14.5. The molecule has 2 aromatic rings. The second-order valence-electron chi connectivity index (χ2n) is 7.15. The second-order valence-corrected chi connectivity index (χ2v) is 9.49. The van der Waals surface area contributed by atoms with Crippen molar-refractivity contribution in [3.63, 3.8) is 0 Å². The van der Waals surface area contributed by atoms with Gasteiger partial charge in [-0.3, -0.25) is 10.1 Å². The zero-order chi connectivity index (χ0) is 23.0. The molecule has 172 valence electrons. The second kappa shape index (κ2) is 11.4. The van der Waals surface area contributed by atoms with Crippen molar-refractivity contribution in [2.75, 3.05) is 38.2 Å². The average Bonchev–Trinajstić information content (AvgIpc) is 2.80. The molecule has 0 aromatic heterocycles. The number of thiocarbonyl (C=S) groups is 1. The first-order valence-corrected chi connectivity index (χ1v) is 12.3. The number of para-hydroxylation sites is 1. The van der Waals surface area contributed by atoms with E-state index in [1.807, 2.05) is 0 Å². The van der Waals surface area contributed by atoms with Gasteiger partial charge < -0.3 is 14.8 Å². The highest BCUT2D eigenvalue weighted by Crippen LogP contribution is 2.20. The third kappa shape index (κ3) is 6.26. The van der Waals surface area contributed by atoms with E-state index in [4.69, 9.17) is 21.7 Å². The van der Waals surface area contributed by atoms with Crippen molar-refractivity contribution < 1.29 is 22.7 Å². The molecule has 1 saturated heterocycles. The van der Waals surface area contributed by atoms with Crippen molar-refractivity contribution in [3.8, 4) is 5.75 Å². The monoisotopic (exact) mass is 477 g/mol. The van der Waals surface area contributed by atoms with Gasteiger partial charge in [-0.05, 0) is 55.0 Å². The maximum Gasteiger partial charge on any atom is 0.261 e. The van der Waals surface area contributed by atoms with Gasteiger partial charge in [0, 0.05) is 18.8 Å². The van der Waals surface area contributed by atoms with Gasteiger partial charge >= 0.3 is 0 Å². The molecule has 0 bridgehead atoms. The summed E-state index contributed by atoms with van der Waals surface area (Å²) in [6.45, 7) is 4.04. The summed E-state index contributed by atoms with van der Waals surface area (Å²) in [5.41, 5.74) is 0.948. The smallest absolute Gasteiger partial charge is 0.261 e. The van der Waals surface area contributed by atoms with Crippen LogP contribution in [0.15, 0.2) is 53.4 Å². The molecule has 0 radical (unpaired) electrons. The summed E-state index contributed by atoms with van der Waals surface area (Å²) in [5, 5.41) is 5.64. The number of anilines is 1. The predicted molar refractivity (Wildman–Crippen MR) is 127 cm³/mol. The Bertz CT molecular complexity index is 1040. The number of rotatable bonds is 8. The number of ether oxygens (including phenoxy) is 2. The molecular formula is C22H27N3O5S2. The first-order valence-electron chi connectivity index (χ1n) is 10.4. The SMILES string of the molecule is CCCCOc1ccccc1C(=O)NC(=S)Nc1ccc(S(=O)(=O)N2CCOCC2)cc1. The first-order chi connectivity index (χ1) is 15.4. The molecule has 32 heavy (non-hydrogen) atoms. The molecule has 1 heterocycles. The molecule has 10 heteroatoms. The van der Waals surface area contributed by atoms with E-state index in [9.17, 15) is 13.2 Å². The molecule has 1 amide bonds. The summed E-state index contributed by atoms with van der Waals surface area (Å²) in [4.78, 5) is 12.8. The first kappa shape index (κ1) is 24.1. The minimum atomic E-state index is -3.57. The molecule has 1 aliphatic heterocycles. The van der Waals surface area contributed by atoms with Gasteiger partial charge in [-0.25, -0.2) is 8.42 Å². The highest BCUT2D eigenvalue weighted by Gasteiger charge is 2.26. The molecule has 2 aromatic carbocycles. The zero-order valence-corrected chi connectivity index (χ0v) is 19.5. The van der Waals surface area contributed by atoms with Crippen LogP contribution in [-0.2, 0) is 14.8 Å². The van der Waals surface area contributed by atoms with E-state index in [1.54, 1.807) is 36.4 Å². The summed E-state index contributed by atoms with van der Waals surface area (Å²) in [5.74, 6) is 0.111. The summed E-state index contributed by atoms with van der Waals surface area (Å²) < 4.78 is 37.7. The molecule has 1 fully saturated rings. The van der Waals surface area contributed by atoms with Gasteiger partial charge in [-0.2, -0.15) is 4.31 Å². The van der Waals surface area contributed by atoms with E-state index in [0.717, 1.165) is 12.8 Å². The predicted octanol–water partition coefficient (Wildman–Crippen LogP) is 3.01. The summed E-state index contributed by atoms with van der Waals surface area (Å²) in [6.07, 6.45) is 1.89. The lowest BCUT2D eigenvalue weighted by molar-refractivity contribution is 0.0730. The van der Waals surface area contributed by atoms with E-state index in [0.29, 0.717) is 49.9 Å². The standard InChI is InChI=1S/C22H27N3O5S2/c1-2-3-14-30-20-7-5-4-6-19(20)21(26)24-22(31)23-17-8-10-18(11-9-17)32(27,28)25-12-15-29-16-13-25/h4-11H,2-3,12-16H2,1H3,(H2,23,24,26,31). The molecule has 1 aliphatic rings. The van der Waals surface area contributed by atoms with Crippen molar-refractivity contribution in [2.45, 2.75) is 24.7 Å². The van der Waals surface area contributed by atoms with E-state index in [1.165, 1.54) is 16.4 Å². The fourth-order valence-corrected chi connectivity index (χ4v) is 4.70. The van der Waals surface area contributed by atoms with Crippen LogP contribution in [0.2, 0.25) is 0 Å². The number of nitrogens with one attached hydrogen (secondary N) is 2. The van der Waals surface area contributed by atoms with Crippen LogP contribution in [0, 0.1) is 0 Å². The maximum absolute atomic E-state index is 12.7. The van der Waals surface area contributed by atoms with Crippen LogP contribution in [0.4, 0.5) is 5.69 Å². The summed E-state index contributed by atoms with van der Waals surface area (Å²) in [6, 6.07) is 13.2. The Morgan fingerprint density at radius 1 is 1.12 bits per heavy atom. The third-order valence-electron chi connectivity index (χ3n) is 4.83. The van der Waals surface area contributed by atoms with Gasteiger partial charge in [0.2, 0.25) is 10.0 Å². The minimum absolute atomic E-state index is 0.0992. The van der Waals surface area contributed by atoms with Crippen LogP contribution in [-0.4, -0.2) is 56.7 Å². The Hall–Kier alpha value is -2.53. The number of carbonyl (C=O) groups is 1. The van der Waals surface area contributed by atoms with E-state index >= 15 is 0 Å². The maximum atomic E-state index is 12.7. The molecule has 0 atom stereocenters. The van der Waals surface area contributed by atoms with Gasteiger partial charge in [-0.15, -0.1) is 0 Å². The molecule has 3 rings (SSSR count). The van der Waals surface area contributed by atoms with Crippen molar-refractivity contribution in [3.05, 3.63) is 54.1 Å². The Morgan fingerprint density at radius 3 is 2.50 bits per heavy atom. The van der Waals surface area contributed by atoms with Gasteiger partial charge in [0.15, 0.2) is 5.11 Å². The number of hydrogen-bond acceptors (Lipinski definition) is 6. The van der Waals surface area contributed by atoms with Crippen molar-refractivity contribution in [1.29, 1.82) is 0 Å². The third-order valence-corrected chi connectivity index (χ3v) is 6.95. The topological polar surface area (TPSA) is 97.0 Å². The van der Waals surface area contributed by atoms with Crippen molar-refractivity contribution in [1.82, 2.24) is 9.62 Å². The summed E-state index contributed by atoms with van der Waals surface area (Å²) >= 11 is 5.25. The number of carbonyl (C=O) groups excluding carboxylic acids is 1. The molecular weight excluding hydrogens is 450 g/mol. The van der Waals surface area contributed by atoms with E-state index < -0.39 is 10.0 Å². The van der Waals surface area contributed by atoms with Crippen LogP contribution < -0.4 is 15.4 Å². The van der Waals surface area contributed by atoms with Crippen LogP contribution in [0.25, 0.3) is 0 Å². The molecule has 8 nitrogen and oxygen atoms in total. The largest absolute Gasteiger partial charge is 0.493 e. The number of benzene rings is 2. The lowest BCUT2D eigenvalue weighted by atomic mass is 10.2. The quantitative estimate of drug-likeness (QED) is 0.446. The molecule has 0 saturated carbocycles. The van der Waals surface area contributed by atoms with Gasteiger partial charge in [-0.1, -0.05) is 25.5 Å². The Morgan fingerprint density at radius 2 is 1.81 bits per heavy atom. The van der Waals surface area contributed by atoms with E-state index in [2.05, 4.69) is 17.6 Å². The fourth-order valence-electron chi connectivity index (χ4n) is 3.09. The lowest BCUT2D eigenvalue weighted by Crippen LogP contribution is -2.40. The Kier molecular flexibility index (Phi) is 8.57. The molecule has 2 N–H and O–H groups in total. The van der Waals surface area contributed by atoms with Crippen LogP contribution in [0.3, 0.4) is 0 Å². The minimum Gasteiger partial charge on any atom is -0.493 e. The Labute approximate surface area is 193 Å². The van der Waals surface area contributed by atoms with Crippen LogP contribution in [0.5, 0.6) is 5.75 Å². The fraction of sp³-hybridized carbons (Fsp3) is 0.364. The Balaban J connectivity index is 1.60. The van der Waals surface area contributed by atoms with Gasteiger partial charge in [0.05, 0.1) is 30.3 Å². The summed E-state index contributed by atoms with van der Waals surface area (Å²) in [7, 11) is -3.57. The van der Waals surface area contributed by atoms with Gasteiger partial charge in [0.25, 0.3) is 5.91 Å². The number of sulfonamides is 1. The molecule has 0 aliphatic carbocycles.